The van der Waals surface area contributed by atoms with Gasteiger partial charge in [-0.3, -0.25) is 19.2 Å². The Morgan fingerprint density at radius 2 is 1.74 bits per heavy atom. The topological polar surface area (TPSA) is 166 Å². The SMILES string of the molecule is COC(=O)CNC(=O)C(N)CCCC(NC(=O)CCC(=O)O)c1nc2ccccc2n1Cc1ccccc1. The van der Waals surface area contributed by atoms with Crippen LogP contribution < -0.4 is 16.4 Å². The summed E-state index contributed by atoms with van der Waals surface area (Å²) in [5.41, 5.74) is 8.72. The molecule has 5 N–H and O–H groups in total. The molecule has 2 unspecified atom stereocenters. The van der Waals surface area contributed by atoms with Gasteiger partial charge in [0.25, 0.3) is 0 Å². The van der Waals surface area contributed by atoms with Crippen molar-refractivity contribution in [3.05, 3.63) is 66.0 Å². The first-order valence-corrected chi connectivity index (χ1v) is 12.4. The van der Waals surface area contributed by atoms with Crippen LogP contribution in [0.4, 0.5) is 0 Å². The molecular formula is C27H33N5O6. The number of hydrogen-bond donors (Lipinski definition) is 4. The zero-order chi connectivity index (χ0) is 27.5. The van der Waals surface area contributed by atoms with E-state index < -0.39 is 35.8 Å². The lowest BCUT2D eigenvalue weighted by Crippen LogP contribution is -2.42. The second kappa shape index (κ2) is 13.9. The number of nitrogens with two attached hydrogens (primary N) is 1. The Morgan fingerprint density at radius 1 is 1.03 bits per heavy atom. The van der Waals surface area contributed by atoms with E-state index in [1.165, 1.54) is 7.11 Å². The first-order valence-electron chi connectivity index (χ1n) is 12.4. The van der Waals surface area contributed by atoms with Gasteiger partial charge >= 0.3 is 11.9 Å². The molecule has 2 atom stereocenters. The lowest BCUT2D eigenvalue weighted by molar-refractivity contribution is -0.141. The predicted molar refractivity (Wildman–Crippen MR) is 140 cm³/mol. The van der Waals surface area contributed by atoms with Gasteiger partial charge < -0.3 is 30.8 Å². The number of carboxylic acid groups (broad SMARTS) is 1. The molecule has 0 aliphatic carbocycles. The monoisotopic (exact) mass is 523 g/mol. The fourth-order valence-corrected chi connectivity index (χ4v) is 4.08. The molecule has 202 valence electrons. The highest BCUT2D eigenvalue weighted by Crippen LogP contribution is 2.26. The number of amides is 2. The van der Waals surface area contributed by atoms with Crippen molar-refractivity contribution >= 4 is 34.8 Å². The van der Waals surface area contributed by atoms with E-state index >= 15 is 0 Å². The van der Waals surface area contributed by atoms with Crippen molar-refractivity contribution in [2.75, 3.05) is 13.7 Å². The van der Waals surface area contributed by atoms with E-state index in [9.17, 15) is 19.2 Å². The minimum Gasteiger partial charge on any atom is -0.481 e. The van der Waals surface area contributed by atoms with Crippen LogP contribution in [0.1, 0.15) is 49.5 Å². The number of carboxylic acids is 1. The first-order chi connectivity index (χ1) is 18.3. The highest BCUT2D eigenvalue weighted by atomic mass is 16.5. The van der Waals surface area contributed by atoms with E-state index in [0.717, 1.165) is 16.6 Å². The van der Waals surface area contributed by atoms with Crippen LogP contribution in [0.3, 0.4) is 0 Å². The lowest BCUT2D eigenvalue weighted by atomic mass is 10.0. The van der Waals surface area contributed by atoms with Crippen LogP contribution in [0.25, 0.3) is 11.0 Å². The molecule has 0 aliphatic rings. The quantitative estimate of drug-likeness (QED) is 0.233. The van der Waals surface area contributed by atoms with Crippen LogP contribution >= 0.6 is 0 Å². The molecule has 3 aromatic rings. The number of nitrogens with zero attached hydrogens (tertiary/aromatic N) is 2. The molecular weight excluding hydrogens is 490 g/mol. The van der Waals surface area contributed by atoms with Crippen molar-refractivity contribution in [3.8, 4) is 0 Å². The number of nitrogens with one attached hydrogen (secondary N) is 2. The first kappa shape index (κ1) is 28.3. The number of esters is 1. The Labute approximate surface area is 220 Å². The summed E-state index contributed by atoms with van der Waals surface area (Å²) in [5.74, 6) is -1.89. The smallest absolute Gasteiger partial charge is 0.325 e. The third-order valence-electron chi connectivity index (χ3n) is 6.06. The van der Waals surface area contributed by atoms with Crippen molar-refractivity contribution < 1.29 is 29.0 Å². The van der Waals surface area contributed by atoms with Gasteiger partial charge in [-0.15, -0.1) is 0 Å². The van der Waals surface area contributed by atoms with E-state index in [4.69, 9.17) is 15.8 Å². The summed E-state index contributed by atoms with van der Waals surface area (Å²) in [6.07, 6.45) is 0.720. The van der Waals surface area contributed by atoms with Crippen LogP contribution in [-0.4, -0.2) is 58.1 Å². The number of carbonyl (C=O) groups excluding carboxylic acids is 3. The van der Waals surface area contributed by atoms with Gasteiger partial charge in [0.1, 0.15) is 12.4 Å². The van der Waals surface area contributed by atoms with E-state index in [1.807, 2.05) is 59.2 Å². The zero-order valence-corrected chi connectivity index (χ0v) is 21.3. The maximum Gasteiger partial charge on any atom is 0.325 e. The molecule has 3 rings (SSSR count). The molecule has 0 spiro atoms. The average molecular weight is 524 g/mol. The summed E-state index contributed by atoms with van der Waals surface area (Å²) in [7, 11) is 1.23. The number of imidazole rings is 1. The van der Waals surface area contributed by atoms with Gasteiger partial charge in [-0.2, -0.15) is 0 Å². The van der Waals surface area contributed by atoms with Crippen molar-refractivity contribution in [2.45, 2.75) is 50.7 Å². The number of fused-ring (bicyclic) bond motifs is 1. The molecule has 2 amide bonds. The maximum atomic E-state index is 12.7. The van der Waals surface area contributed by atoms with Crippen LogP contribution in [0.2, 0.25) is 0 Å². The molecule has 0 saturated heterocycles. The number of aliphatic carboxylic acids is 1. The Hall–Kier alpha value is -4.25. The van der Waals surface area contributed by atoms with E-state index in [0.29, 0.717) is 31.6 Å². The number of aromatic nitrogens is 2. The summed E-state index contributed by atoms with van der Waals surface area (Å²) in [6, 6.07) is 16.1. The van der Waals surface area contributed by atoms with Crippen LogP contribution in [0.5, 0.6) is 0 Å². The van der Waals surface area contributed by atoms with Crippen LogP contribution in [-0.2, 0) is 30.5 Å². The summed E-state index contributed by atoms with van der Waals surface area (Å²) < 4.78 is 6.55. The summed E-state index contributed by atoms with van der Waals surface area (Å²) in [6.45, 7) is 0.252. The van der Waals surface area contributed by atoms with Crippen molar-refractivity contribution in [3.63, 3.8) is 0 Å². The molecule has 0 radical (unpaired) electrons. The van der Waals surface area contributed by atoms with Crippen LogP contribution in [0, 0.1) is 0 Å². The van der Waals surface area contributed by atoms with Gasteiger partial charge in [-0.25, -0.2) is 4.98 Å². The van der Waals surface area contributed by atoms with Crippen molar-refractivity contribution in [1.29, 1.82) is 0 Å². The molecule has 11 heteroatoms. The van der Waals surface area contributed by atoms with Gasteiger partial charge in [0.2, 0.25) is 11.8 Å². The van der Waals surface area contributed by atoms with Crippen LogP contribution in [0.15, 0.2) is 54.6 Å². The van der Waals surface area contributed by atoms with E-state index in [2.05, 4.69) is 15.4 Å². The molecule has 38 heavy (non-hydrogen) atoms. The molecule has 1 heterocycles. The number of ether oxygens (including phenoxy) is 1. The fraction of sp³-hybridized carbons (Fsp3) is 0.370. The predicted octanol–water partition coefficient (Wildman–Crippen LogP) is 1.89. The minimum absolute atomic E-state index is 0.166. The third kappa shape index (κ3) is 8.13. The summed E-state index contributed by atoms with van der Waals surface area (Å²) in [4.78, 5) is 52.0. The molecule has 2 aromatic carbocycles. The van der Waals surface area contributed by atoms with E-state index in [-0.39, 0.29) is 19.4 Å². The molecule has 0 fully saturated rings. The molecule has 0 aliphatic heterocycles. The second-order valence-corrected chi connectivity index (χ2v) is 8.88. The normalized spacial score (nSPS) is 12.5. The average Bonchev–Trinajstić information content (AvgIpc) is 3.28. The largest absolute Gasteiger partial charge is 0.481 e. The van der Waals surface area contributed by atoms with Gasteiger partial charge in [-0.05, 0) is 37.0 Å². The Kier molecular flexibility index (Phi) is 10.4. The number of benzene rings is 2. The Bertz CT molecular complexity index is 1260. The highest BCUT2D eigenvalue weighted by molar-refractivity contribution is 5.85. The van der Waals surface area contributed by atoms with Gasteiger partial charge in [-0.1, -0.05) is 42.5 Å². The number of hydrogen-bond acceptors (Lipinski definition) is 7. The summed E-state index contributed by atoms with van der Waals surface area (Å²) >= 11 is 0. The lowest BCUT2D eigenvalue weighted by Gasteiger charge is -2.21. The Balaban J connectivity index is 1.81. The maximum absolute atomic E-state index is 12.7. The van der Waals surface area contributed by atoms with Crippen molar-refractivity contribution in [1.82, 2.24) is 20.2 Å². The molecule has 1 aromatic heterocycles. The minimum atomic E-state index is -1.06. The molecule has 0 bridgehead atoms. The highest BCUT2D eigenvalue weighted by Gasteiger charge is 2.24. The number of carbonyl (C=O) groups is 4. The van der Waals surface area contributed by atoms with Crippen molar-refractivity contribution in [2.24, 2.45) is 5.73 Å². The second-order valence-electron chi connectivity index (χ2n) is 8.88. The van der Waals surface area contributed by atoms with Gasteiger partial charge in [0, 0.05) is 13.0 Å². The van der Waals surface area contributed by atoms with E-state index in [1.54, 1.807) is 0 Å². The molecule has 0 saturated carbocycles. The third-order valence-corrected chi connectivity index (χ3v) is 6.06. The summed E-state index contributed by atoms with van der Waals surface area (Å²) in [5, 5.41) is 14.4. The fourth-order valence-electron chi connectivity index (χ4n) is 4.08. The van der Waals surface area contributed by atoms with Gasteiger partial charge in [0.05, 0.1) is 36.6 Å². The molecule has 11 nitrogen and oxygen atoms in total. The number of para-hydroxylation sites is 2. The number of methoxy groups -OCH3 is 1. The standard InChI is InChI=1S/C27H33N5O6/c1-38-25(36)16-29-27(37)19(28)10-7-12-21(30-23(33)14-15-24(34)35)26-31-20-11-5-6-13-22(20)32(26)17-18-8-3-2-4-9-18/h2-6,8-9,11,13,19,21H,7,10,12,14-17,28H2,1H3,(H,29,37)(H,30,33)(H,34,35). The Morgan fingerprint density at radius 3 is 2.45 bits per heavy atom. The van der Waals surface area contributed by atoms with Gasteiger partial charge in [0.15, 0.2) is 0 Å². The number of rotatable bonds is 14. The zero-order valence-electron chi connectivity index (χ0n) is 21.3.